The Labute approximate surface area is 161 Å². The molecular formula is C22H19N3O3. The number of aryl methyl sites for hydroxylation is 1. The molecular weight excluding hydrogens is 354 g/mol. The number of aromatic hydroxyl groups is 1. The van der Waals surface area contributed by atoms with Crippen LogP contribution >= 0.6 is 0 Å². The highest BCUT2D eigenvalue weighted by atomic mass is 16.3. The Morgan fingerprint density at radius 3 is 2.61 bits per heavy atom. The smallest absolute Gasteiger partial charge is 0.331 e. The molecule has 6 heteroatoms. The third-order valence-corrected chi connectivity index (χ3v) is 4.80. The quantitative estimate of drug-likeness (QED) is 0.739. The molecule has 1 aromatic heterocycles. The molecule has 2 heterocycles. The van der Waals surface area contributed by atoms with Gasteiger partial charge < -0.3 is 5.11 Å². The summed E-state index contributed by atoms with van der Waals surface area (Å²) in [5.74, 6) is -0.362. The molecule has 2 N–H and O–H groups in total. The van der Waals surface area contributed by atoms with Gasteiger partial charge >= 0.3 is 5.69 Å². The van der Waals surface area contributed by atoms with E-state index in [1.807, 2.05) is 62.4 Å². The lowest BCUT2D eigenvalue weighted by Gasteiger charge is -2.11. The van der Waals surface area contributed by atoms with Gasteiger partial charge in [0.1, 0.15) is 5.56 Å². The first-order valence-electron chi connectivity index (χ1n) is 8.92. The van der Waals surface area contributed by atoms with Gasteiger partial charge in [-0.25, -0.2) is 4.79 Å². The van der Waals surface area contributed by atoms with Crippen molar-refractivity contribution in [1.82, 2.24) is 9.55 Å². The van der Waals surface area contributed by atoms with E-state index in [0.717, 1.165) is 38.2 Å². The van der Waals surface area contributed by atoms with Crippen LogP contribution < -0.4 is 11.2 Å². The van der Waals surface area contributed by atoms with E-state index in [2.05, 4.69) is 9.98 Å². The number of H-pyrrole nitrogens is 1. The van der Waals surface area contributed by atoms with Crippen LogP contribution in [-0.4, -0.2) is 20.4 Å². The average molecular weight is 373 g/mol. The molecule has 0 bridgehead atoms. The Balaban J connectivity index is 1.86. The fourth-order valence-corrected chi connectivity index (χ4v) is 3.34. The van der Waals surface area contributed by atoms with Gasteiger partial charge in [0, 0.05) is 16.8 Å². The Kier molecular flexibility index (Phi) is 4.31. The molecule has 0 atom stereocenters. The third-order valence-electron chi connectivity index (χ3n) is 4.80. The number of fused-ring (bicyclic) bond motifs is 1. The van der Waals surface area contributed by atoms with Gasteiger partial charge in [0.25, 0.3) is 5.56 Å². The summed E-state index contributed by atoms with van der Waals surface area (Å²) in [5.41, 5.74) is 3.89. The van der Waals surface area contributed by atoms with E-state index < -0.39 is 11.2 Å². The molecule has 2 aromatic carbocycles. The van der Waals surface area contributed by atoms with Crippen LogP contribution in [0.15, 0.2) is 63.1 Å². The van der Waals surface area contributed by atoms with E-state index >= 15 is 0 Å². The molecule has 0 unspecified atom stereocenters. The second kappa shape index (κ2) is 6.81. The van der Waals surface area contributed by atoms with Gasteiger partial charge in [0.05, 0.1) is 12.2 Å². The van der Waals surface area contributed by atoms with E-state index in [-0.39, 0.29) is 18.0 Å². The largest absolute Gasteiger partial charge is 0.494 e. The van der Waals surface area contributed by atoms with Crippen LogP contribution in [0.3, 0.4) is 0 Å². The first kappa shape index (κ1) is 17.7. The number of aliphatic imine (C=N–C) groups is 1. The van der Waals surface area contributed by atoms with Crippen LogP contribution in [0.2, 0.25) is 0 Å². The SMILES string of the molecule is CC1=Nc2ccc(C)cc2/C1=C\c1c(O)n(Cc2ccccc2)c(=O)[nH]c1=O. The van der Waals surface area contributed by atoms with Crippen LogP contribution in [-0.2, 0) is 6.54 Å². The van der Waals surface area contributed by atoms with Crippen molar-refractivity contribution in [2.24, 2.45) is 4.99 Å². The van der Waals surface area contributed by atoms with Gasteiger partial charge in [-0.05, 0) is 37.6 Å². The van der Waals surface area contributed by atoms with Gasteiger partial charge in [0.2, 0.25) is 5.88 Å². The average Bonchev–Trinajstić information content (AvgIpc) is 2.97. The summed E-state index contributed by atoms with van der Waals surface area (Å²) in [6.07, 6.45) is 1.60. The lowest BCUT2D eigenvalue weighted by atomic mass is 9.99. The molecule has 4 rings (SSSR count). The molecule has 0 amide bonds. The molecule has 0 aliphatic carbocycles. The van der Waals surface area contributed by atoms with Gasteiger partial charge in [-0.3, -0.25) is 19.3 Å². The number of rotatable bonds is 3. The Morgan fingerprint density at radius 2 is 1.86 bits per heavy atom. The van der Waals surface area contributed by atoms with Crippen molar-refractivity contribution in [2.75, 3.05) is 0 Å². The molecule has 28 heavy (non-hydrogen) atoms. The number of hydrogen-bond donors (Lipinski definition) is 2. The Hall–Kier alpha value is -3.67. The van der Waals surface area contributed by atoms with Crippen LogP contribution in [0.1, 0.15) is 29.2 Å². The minimum absolute atomic E-state index is 0.0365. The summed E-state index contributed by atoms with van der Waals surface area (Å²) in [4.78, 5) is 31.5. The number of benzene rings is 2. The summed E-state index contributed by atoms with van der Waals surface area (Å²) >= 11 is 0. The van der Waals surface area contributed by atoms with Crippen molar-refractivity contribution in [3.8, 4) is 5.88 Å². The zero-order chi connectivity index (χ0) is 19.8. The minimum Gasteiger partial charge on any atom is -0.494 e. The number of nitrogens with one attached hydrogen (secondary N) is 1. The van der Waals surface area contributed by atoms with E-state index in [4.69, 9.17) is 0 Å². The molecule has 6 nitrogen and oxygen atoms in total. The molecule has 1 aliphatic rings. The van der Waals surface area contributed by atoms with Gasteiger partial charge in [0.15, 0.2) is 0 Å². The predicted octanol–water partition coefficient (Wildman–Crippen LogP) is 3.25. The standard InChI is InChI=1S/C22H19N3O3/c1-13-8-9-19-17(10-13)16(14(2)23-19)11-18-20(26)24-22(28)25(21(18)27)12-15-6-4-3-5-7-15/h3-11,27H,12H2,1-2H3,(H,24,26,28)/b16-11-. The Morgan fingerprint density at radius 1 is 1.11 bits per heavy atom. The summed E-state index contributed by atoms with van der Waals surface area (Å²) in [6.45, 7) is 3.99. The second-order valence-corrected chi connectivity index (χ2v) is 6.84. The highest BCUT2D eigenvalue weighted by Gasteiger charge is 2.20. The van der Waals surface area contributed by atoms with Crippen LogP contribution in [0.4, 0.5) is 5.69 Å². The summed E-state index contributed by atoms with van der Waals surface area (Å²) in [6, 6.07) is 15.2. The fraction of sp³-hybridized carbons (Fsp3) is 0.136. The zero-order valence-electron chi connectivity index (χ0n) is 15.6. The molecule has 140 valence electrons. The van der Waals surface area contributed by atoms with Crippen molar-refractivity contribution in [3.63, 3.8) is 0 Å². The summed E-state index contributed by atoms with van der Waals surface area (Å²) in [7, 11) is 0. The summed E-state index contributed by atoms with van der Waals surface area (Å²) in [5, 5.41) is 10.7. The van der Waals surface area contributed by atoms with E-state index in [0.29, 0.717) is 0 Å². The van der Waals surface area contributed by atoms with Gasteiger partial charge in [-0.2, -0.15) is 0 Å². The summed E-state index contributed by atoms with van der Waals surface area (Å²) < 4.78 is 1.15. The maximum Gasteiger partial charge on any atom is 0.331 e. The van der Waals surface area contributed by atoms with Crippen LogP contribution in [0, 0.1) is 6.92 Å². The predicted molar refractivity (Wildman–Crippen MR) is 110 cm³/mol. The first-order chi connectivity index (χ1) is 13.4. The molecule has 0 spiro atoms. The van der Waals surface area contributed by atoms with Crippen molar-refractivity contribution < 1.29 is 5.11 Å². The molecule has 1 aliphatic heterocycles. The molecule has 0 saturated heterocycles. The lowest BCUT2D eigenvalue weighted by Crippen LogP contribution is -2.31. The van der Waals surface area contributed by atoms with Gasteiger partial charge in [-0.1, -0.05) is 42.0 Å². The monoisotopic (exact) mass is 373 g/mol. The third kappa shape index (κ3) is 3.09. The number of aromatic amines is 1. The number of aromatic nitrogens is 2. The number of nitrogens with zero attached hydrogens (tertiary/aromatic N) is 2. The Bertz CT molecular complexity index is 1250. The molecule has 3 aromatic rings. The van der Waals surface area contributed by atoms with E-state index in [1.165, 1.54) is 0 Å². The van der Waals surface area contributed by atoms with Crippen LogP contribution in [0.25, 0.3) is 11.6 Å². The van der Waals surface area contributed by atoms with E-state index in [1.54, 1.807) is 6.08 Å². The number of allylic oxidation sites excluding steroid dienone is 1. The minimum atomic E-state index is -0.651. The molecule has 0 radical (unpaired) electrons. The highest BCUT2D eigenvalue weighted by Crippen LogP contribution is 2.36. The maximum atomic E-state index is 12.4. The van der Waals surface area contributed by atoms with Crippen molar-refractivity contribution in [1.29, 1.82) is 0 Å². The number of hydrogen-bond acceptors (Lipinski definition) is 4. The fourth-order valence-electron chi connectivity index (χ4n) is 3.34. The normalized spacial score (nSPS) is 14.2. The maximum absolute atomic E-state index is 12.4. The van der Waals surface area contributed by atoms with Crippen molar-refractivity contribution >= 4 is 23.0 Å². The second-order valence-electron chi connectivity index (χ2n) is 6.84. The molecule has 0 saturated carbocycles. The van der Waals surface area contributed by atoms with Crippen molar-refractivity contribution in [2.45, 2.75) is 20.4 Å². The lowest BCUT2D eigenvalue weighted by molar-refractivity contribution is 0.408. The first-order valence-corrected chi connectivity index (χ1v) is 8.92. The highest BCUT2D eigenvalue weighted by molar-refractivity contribution is 6.31. The van der Waals surface area contributed by atoms with E-state index in [9.17, 15) is 14.7 Å². The zero-order valence-corrected chi connectivity index (χ0v) is 15.6. The van der Waals surface area contributed by atoms with Gasteiger partial charge in [-0.15, -0.1) is 0 Å². The topological polar surface area (TPSA) is 87.4 Å². The molecule has 0 fully saturated rings. The van der Waals surface area contributed by atoms with Crippen molar-refractivity contribution in [3.05, 3.63) is 91.6 Å². The van der Waals surface area contributed by atoms with Crippen LogP contribution in [0.5, 0.6) is 5.88 Å².